The van der Waals surface area contributed by atoms with Crippen molar-refractivity contribution in [2.45, 2.75) is 44.6 Å². The third-order valence-electron chi connectivity index (χ3n) is 4.07. The standard InChI is InChI=1S/C16H23NO5S/c1-10(18)9-17-13(20)8-16(3-5-23-6-4-16)15-14(21)12(19)7-11(2)22-15/h7,10,18,21H,3-6,8-9H2,1-2H3,(H,17,20). The fraction of sp³-hybridized carbons (Fsp3) is 0.625. The summed E-state index contributed by atoms with van der Waals surface area (Å²) in [5.41, 5.74) is -1.16. The molecule has 0 bridgehead atoms. The molecule has 0 aromatic carbocycles. The number of aromatic hydroxyl groups is 1. The molecule has 128 valence electrons. The summed E-state index contributed by atoms with van der Waals surface area (Å²) in [5, 5.41) is 22.1. The van der Waals surface area contributed by atoms with Crippen LogP contribution in [0.5, 0.6) is 5.75 Å². The highest BCUT2D eigenvalue weighted by atomic mass is 32.2. The zero-order valence-electron chi connectivity index (χ0n) is 13.4. The Morgan fingerprint density at radius 3 is 2.74 bits per heavy atom. The third-order valence-corrected chi connectivity index (χ3v) is 5.06. The molecular formula is C16H23NO5S. The molecular weight excluding hydrogens is 318 g/mol. The van der Waals surface area contributed by atoms with Gasteiger partial charge in [-0.25, -0.2) is 0 Å². The first-order chi connectivity index (χ1) is 10.8. The maximum atomic E-state index is 12.2. The molecule has 1 aromatic heterocycles. The molecule has 0 spiro atoms. The Bertz CT molecular complexity index is 619. The van der Waals surface area contributed by atoms with Gasteiger partial charge in [-0.2, -0.15) is 11.8 Å². The van der Waals surface area contributed by atoms with E-state index in [9.17, 15) is 19.8 Å². The lowest BCUT2D eigenvalue weighted by Crippen LogP contribution is -2.40. The van der Waals surface area contributed by atoms with E-state index in [1.807, 2.05) is 0 Å². The molecule has 2 heterocycles. The number of aryl methyl sites for hydroxylation is 1. The van der Waals surface area contributed by atoms with E-state index in [1.54, 1.807) is 25.6 Å². The monoisotopic (exact) mass is 341 g/mol. The van der Waals surface area contributed by atoms with Gasteiger partial charge in [0.05, 0.1) is 6.10 Å². The van der Waals surface area contributed by atoms with Gasteiger partial charge in [-0.05, 0) is 38.2 Å². The van der Waals surface area contributed by atoms with E-state index < -0.39 is 22.7 Å². The van der Waals surface area contributed by atoms with Crippen LogP contribution >= 0.6 is 11.8 Å². The van der Waals surface area contributed by atoms with Gasteiger partial charge in [0.1, 0.15) is 5.76 Å². The number of hydrogen-bond acceptors (Lipinski definition) is 6. The average Bonchev–Trinajstić information content (AvgIpc) is 2.49. The summed E-state index contributed by atoms with van der Waals surface area (Å²) in [6.45, 7) is 3.43. The average molecular weight is 341 g/mol. The summed E-state index contributed by atoms with van der Waals surface area (Å²) in [5.74, 6) is 1.69. The van der Waals surface area contributed by atoms with Gasteiger partial charge < -0.3 is 19.9 Å². The van der Waals surface area contributed by atoms with Crippen LogP contribution in [0.3, 0.4) is 0 Å². The molecule has 1 amide bonds. The van der Waals surface area contributed by atoms with Crippen LogP contribution in [0, 0.1) is 6.92 Å². The van der Waals surface area contributed by atoms with Crippen molar-refractivity contribution in [3.8, 4) is 5.75 Å². The predicted octanol–water partition coefficient (Wildman–Crippen LogP) is 1.31. The molecule has 1 aromatic rings. The van der Waals surface area contributed by atoms with Gasteiger partial charge >= 0.3 is 0 Å². The van der Waals surface area contributed by atoms with Gasteiger partial charge in [0, 0.05) is 24.4 Å². The lowest BCUT2D eigenvalue weighted by atomic mass is 9.75. The van der Waals surface area contributed by atoms with E-state index in [0.717, 1.165) is 11.5 Å². The van der Waals surface area contributed by atoms with E-state index in [-0.39, 0.29) is 24.6 Å². The Labute approximate surface area is 139 Å². The molecule has 6 nitrogen and oxygen atoms in total. The number of thioether (sulfide) groups is 1. The Morgan fingerprint density at radius 1 is 1.48 bits per heavy atom. The summed E-state index contributed by atoms with van der Waals surface area (Å²) >= 11 is 1.78. The SMILES string of the molecule is Cc1cc(=O)c(O)c(C2(CC(=O)NCC(C)O)CCSCC2)o1. The molecule has 1 aliphatic rings. The van der Waals surface area contributed by atoms with Gasteiger partial charge in [-0.15, -0.1) is 0 Å². The molecule has 0 radical (unpaired) electrons. The van der Waals surface area contributed by atoms with Crippen LogP contribution in [-0.2, 0) is 10.2 Å². The highest BCUT2D eigenvalue weighted by molar-refractivity contribution is 7.99. The van der Waals surface area contributed by atoms with Crippen LogP contribution in [0.4, 0.5) is 0 Å². The van der Waals surface area contributed by atoms with Gasteiger partial charge in [0.2, 0.25) is 17.1 Å². The van der Waals surface area contributed by atoms with Crippen LogP contribution in [0.15, 0.2) is 15.3 Å². The number of rotatable bonds is 5. The van der Waals surface area contributed by atoms with Crippen molar-refractivity contribution >= 4 is 17.7 Å². The lowest BCUT2D eigenvalue weighted by Gasteiger charge is -2.35. The first-order valence-corrected chi connectivity index (χ1v) is 8.86. The van der Waals surface area contributed by atoms with Crippen LogP contribution < -0.4 is 10.7 Å². The van der Waals surface area contributed by atoms with Gasteiger partial charge in [-0.3, -0.25) is 9.59 Å². The Morgan fingerprint density at radius 2 is 2.13 bits per heavy atom. The van der Waals surface area contributed by atoms with Gasteiger partial charge in [0.25, 0.3) is 0 Å². The van der Waals surface area contributed by atoms with Crippen molar-refractivity contribution in [2.24, 2.45) is 0 Å². The quantitative estimate of drug-likeness (QED) is 0.747. The molecule has 1 atom stereocenters. The normalized spacial score (nSPS) is 18.4. The van der Waals surface area contributed by atoms with Crippen LogP contribution in [0.1, 0.15) is 37.7 Å². The summed E-state index contributed by atoms with van der Waals surface area (Å²) < 4.78 is 5.67. The molecule has 1 unspecified atom stereocenters. The summed E-state index contributed by atoms with van der Waals surface area (Å²) in [7, 11) is 0. The van der Waals surface area contributed by atoms with Crippen molar-refractivity contribution in [1.82, 2.24) is 5.32 Å². The van der Waals surface area contributed by atoms with Gasteiger partial charge in [0.15, 0.2) is 5.76 Å². The second kappa shape index (κ2) is 7.40. The van der Waals surface area contributed by atoms with Gasteiger partial charge in [-0.1, -0.05) is 0 Å². The minimum atomic E-state index is -0.677. The predicted molar refractivity (Wildman–Crippen MR) is 88.9 cm³/mol. The van der Waals surface area contributed by atoms with Crippen molar-refractivity contribution in [3.63, 3.8) is 0 Å². The third kappa shape index (κ3) is 4.29. The highest BCUT2D eigenvalue weighted by Gasteiger charge is 2.41. The second-order valence-electron chi connectivity index (χ2n) is 6.12. The lowest BCUT2D eigenvalue weighted by molar-refractivity contribution is -0.123. The molecule has 0 saturated carbocycles. The number of hydrogen-bond donors (Lipinski definition) is 3. The molecule has 7 heteroatoms. The molecule has 1 fully saturated rings. The number of amides is 1. The molecule has 1 aliphatic heterocycles. The van der Waals surface area contributed by atoms with E-state index >= 15 is 0 Å². The van der Waals surface area contributed by atoms with Crippen LogP contribution in [0.2, 0.25) is 0 Å². The van der Waals surface area contributed by atoms with Crippen LogP contribution in [0.25, 0.3) is 0 Å². The summed E-state index contributed by atoms with van der Waals surface area (Å²) in [4.78, 5) is 24.1. The maximum absolute atomic E-state index is 12.2. The molecule has 0 aliphatic carbocycles. The van der Waals surface area contributed by atoms with E-state index in [4.69, 9.17) is 4.42 Å². The first-order valence-electron chi connectivity index (χ1n) is 7.71. The summed E-state index contributed by atoms with van der Waals surface area (Å²) in [6, 6.07) is 1.25. The zero-order chi connectivity index (χ0) is 17.0. The van der Waals surface area contributed by atoms with E-state index in [1.165, 1.54) is 6.07 Å². The summed E-state index contributed by atoms with van der Waals surface area (Å²) in [6.07, 6.45) is 0.807. The van der Waals surface area contributed by atoms with Crippen molar-refractivity contribution in [1.29, 1.82) is 0 Å². The Kier molecular flexibility index (Phi) is 5.75. The first kappa shape index (κ1) is 17.9. The second-order valence-corrected chi connectivity index (χ2v) is 7.35. The number of aliphatic hydroxyl groups excluding tert-OH is 1. The number of nitrogens with one attached hydrogen (secondary N) is 1. The fourth-order valence-electron chi connectivity index (χ4n) is 2.84. The minimum absolute atomic E-state index is 0.125. The Balaban J connectivity index is 2.33. The van der Waals surface area contributed by atoms with Crippen molar-refractivity contribution < 1.29 is 19.4 Å². The molecule has 23 heavy (non-hydrogen) atoms. The molecule has 1 saturated heterocycles. The largest absolute Gasteiger partial charge is 0.502 e. The fourth-order valence-corrected chi connectivity index (χ4v) is 4.11. The minimum Gasteiger partial charge on any atom is -0.502 e. The van der Waals surface area contributed by atoms with Crippen molar-refractivity contribution in [2.75, 3.05) is 18.1 Å². The maximum Gasteiger partial charge on any atom is 0.227 e. The van der Waals surface area contributed by atoms with E-state index in [2.05, 4.69) is 5.32 Å². The molecule has 3 N–H and O–H groups in total. The van der Waals surface area contributed by atoms with E-state index in [0.29, 0.717) is 18.6 Å². The zero-order valence-corrected chi connectivity index (χ0v) is 14.2. The smallest absolute Gasteiger partial charge is 0.227 e. The van der Waals surface area contributed by atoms with Crippen LogP contribution in [-0.4, -0.2) is 40.3 Å². The van der Waals surface area contributed by atoms with Crippen molar-refractivity contribution in [3.05, 3.63) is 27.8 Å². The number of carbonyl (C=O) groups is 1. The molecule has 2 rings (SSSR count). The Hall–Kier alpha value is -1.47. The topological polar surface area (TPSA) is 99.8 Å². The number of carbonyl (C=O) groups excluding carboxylic acids is 1. The highest BCUT2D eigenvalue weighted by Crippen LogP contribution is 2.43. The number of aliphatic hydroxyl groups is 1.